The van der Waals surface area contributed by atoms with Crippen molar-refractivity contribution in [3.8, 4) is 62.6 Å². The lowest BCUT2D eigenvalue weighted by atomic mass is 10.1. The summed E-state index contributed by atoms with van der Waals surface area (Å²) in [5, 5.41) is 6.75. The van der Waals surface area contributed by atoms with E-state index in [0.29, 0.717) is 11.9 Å². The van der Waals surface area contributed by atoms with E-state index >= 15 is 0 Å². The number of hydrogen-bond acceptors (Lipinski definition) is 4. The topological polar surface area (TPSA) is 66.3 Å². The molecular formula is C62H39N7. The molecule has 0 atom stereocenters. The van der Waals surface area contributed by atoms with Gasteiger partial charge >= 0.3 is 0 Å². The first-order valence-electron chi connectivity index (χ1n) is 23.2. The second kappa shape index (κ2) is 15.6. The van der Waals surface area contributed by atoms with E-state index < -0.39 is 0 Å². The summed E-state index contributed by atoms with van der Waals surface area (Å²) >= 11 is 0. The van der Waals surface area contributed by atoms with Gasteiger partial charge in [-0.25, -0.2) is 19.9 Å². The fraction of sp³-hybridized carbons (Fsp3) is 0. The van der Waals surface area contributed by atoms with Crippen molar-refractivity contribution >= 4 is 65.4 Å². The molecule has 14 rings (SSSR count). The molecule has 0 N–H and O–H groups in total. The van der Waals surface area contributed by atoms with Crippen LogP contribution in [-0.2, 0) is 0 Å². The second-order valence-corrected chi connectivity index (χ2v) is 17.5. The molecule has 0 fully saturated rings. The van der Waals surface area contributed by atoms with E-state index in [1.54, 1.807) is 0 Å². The lowest BCUT2D eigenvalue weighted by molar-refractivity contribution is 0.995. The Morgan fingerprint density at radius 3 is 0.957 bits per heavy atom. The van der Waals surface area contributed by atoms with Gasteiger partial charge in [0.15, 0.2) is 0 Å². The zero-order chi connectivity index (χ0) is 45.4. The summed E-state index contributed by atoms with van der Waals surface area (Å²) in [6, 6.07) is 83.1. The molecule has 0 aliphatic heterocycles. The molecule has 0 saturated carbocycles. The molecule has 7 heteroatoms. The number of aromatic nitrogens is 7. The largest absolute Gasteiger partial charge is 0.309 e. The Morgan fingerprint density at radius 2 is 0.522 bits per heavy atom. The maximum atomic E-state index is 5.36. The highest BCUT2D eigenvalue weighted by Gasteiger charge is 2.24. The standard InChI is InChI=1S/C62H39N7/c1-6-20-40(21-7-1)51-37-52(41-22-8-2-9-23-41)64-61(63-51)68-56-33-19-17-31-46(56)49-35-57-50(36-58(49)68)48-34-47-45-30-16-18-32-55(45)69(60(47)39-59(48)67(57)44-28-14-5-15-29-44)62-65-53(42-24-10-3-11-25-42)38-54(66-62)43-26-12-4-13-27-43/h1-39H. The fourth-order valence-electron chi connectivity index (χ4n) is 10.3. The molecule has 0 aliphatic carbocycles. The first-order chi connectivity index (χ1) is 34.2. The monoisotopic (exact) mass is 881 g/mol. The Morgan fingerprint density at radius 1 is 0.217 bits per heavy atom. The highest BCUT2D eigenvalue weighted by molar-refractivity contribution is 6.23. The van der Waals surface area contributed by atoms with Gasteiger partial charge in [0, 0.05) is 60.3 Å². The van der Waals surface area contributed by atoms with Crippen molar-refractivity contribution in [3.05, 3.63) is 237 Å². The highest BCUT2D eigenvalue weighted by atomic mass is 15.2. The van der Waals surface area contributed by atoms with Crippen LogP contribution in [0.1, 0.15) is 0 Å². The van der Waals surface area contributed by atoms with E-state index in [-0.39, 0.29) is 0 Å². The summed E-state index contributed by atoms with van der Waals surface area (Å²) in [7, 11) is 0. The second-order valence-electron chi connectivity index (χ2n) is 17.5. The number of nitrogens with zero attached hydrogens (tertiary/aromatic N) is 7. The van der Waals surface area contributed by atoms with E-state index in [0.717, 1.165) is 116 Å². The van der Waals surface area contributed by atoms with Gasteiger partial charge in [-0.2, -0.15) is 0 Å². The Bertz CT molecular complexity index is 4160. The molecule has 14 aromatic rings. The first kappa shape index (κ1) is 38.8. The summed E-state index contributed by atoms with van der Waals surface area (Å²) in [5.41, 5.74) is 14.9. The quantitative estimate of drug-likeness (QED) is 0.160. The van der Waals surface area contributed by atoms with Gasteiger partial charge in [0.2, 0.25) is 11.9 Å². The predicted molar refractivity (Wildman–Crippen MR) is 282 cm³/mol. The van der Waals surface area contributed by atoms with Gasteiger partial charge in [-0.3, -0.25) is 9.13 Å². The van der Waals surface area contributed by atoms with Crippen molar-refractivity contribution in [3.63, 3.8) is 0 Å². The van der Waals surface area contributed by atoms with Crippen molar-refractivity contribution in [2.45, 2.75) is 0 Å². The van der Waals surface area contributed by atoms with Crippen LogP contribution in [-0.4, -0.2) is 33.6 Å². The Kier molecular flexibility index (Phi) is 8.75. The molecule has 5 aromatic heterocycles. The van der Waals surface area contributed by atoms with Crippen molar-refractivity contribution in [2.75, 3.05) is 0 Å². The van der Waals surface area contributed by atoms with Crippen molar-refractivity contribution in [2.24, 2.45) is 0 Å². The van der Waals surface area contributed by atoms with Gasteiger partial charge in [-0.05, 0) is 60.7 Å². The minimum atomic E-state index is 0.613. The average Bonchev–Trinajstić information content (AvgIpc) is 4.05. The first-order valence-corrected chi connectivity index (χ1v) is 23.2. The van der Waals surface area contributed by atoms with Crippen molar-refractivity contribution in [1.29, 1.82) is 0 Å². The van der Waals surface area contributed by atoms with E-state index in [1.807, 2.05) is 24.3 Å². The molecule has 7 nitrogen and oxygen atoms in total. The number of para-hydroxylation sites is 3. The van der Waals surface area contributed by atoms with Crippen molar-refractivity contribution in [1.82, 2.24) is 33.6 Å². The Balaban J connectivity index is 1.08. The molecular weight excluding hydrogens is 843 g/mol. The summed E-state index contributed by atoms with van der Waals surface area (Å²) in [6.45, 7) is 0. The summed E-state index contributed by atoms with van der Waals surface area (Å²) in [5.74, 6) is 1.23. The van der Waals surface area contributed by atoms with Gasteiger partial charge in [0.25, 0.3) is 0 Å². The maximum absolute atomic E-state index is 5.36. The minimum absolute atomic E-state index is 0.613. The summed E-state index contributed by atoms with van der Waals surface area (Å²) in [6.07, 6.45) is 0. The molecule has 0 spiro atoms. The van der Waals surface area contributed by atoms with Gasteiger partial charge in [0.1, 0.15) is 0 Å². The molecule has 322 valence electrons. The van der Waals surface area contributed by atoms with Gasteiger partial charge in [0.05, 0.1) is 55.9 Å². The van der Waals surface area contributed by atoms with E-state index in [2.05, 4.69) is 226 Å². The van der Waals surface area contributed by atoms with Crippen LogP contribution < -0.4 is 0 Å². The highest BCUT2D eigenvalue weighted by Crippen LogP contribution is 2.43. The molecule has 0 unspecified atom stereocenters. The fourth-order valence-corrected chi connectivity index (χ4v) is 10.3. The van der Waals surface area contributed by atoms with Gasteiger partial charge in [-0.1, -0.05) is 176 Å². The minimum Gasteiger partial charge on any atom is -0.309 e. The third-order valence-corrected chi connectivity index (χ3v) is 13.5. The van der Waals surface area contributed by atoms with E-state index in [1.165, 1.54) is 0 Å². The molecule has 5 heterocycles. The molecule has 0 bridgehead atoms. The Hall–Kier alpha value is -9.46. The van der Waals surface area contributed by atoms with Crippen LogP contribution in [0.5, 0.6) is 0 Å². The lowest BCUT2D eigenvalue weighted by Gasteiger charge is -2.12. The predicted octanol–water partition coefficient (Wildman–Crippen LogP) is 15.2. The molecule has 0 radical (unpaired) electrons. The zero-order valence-corrected chi connectivity index (χ0v) is 37.1. The molecule has 0 saturated heterocycles. The average molecular weight is 882 g/mol. The van der Waals surface area contributed by atoms with E-state index in [9.17, 15) is 0 Å². The van der Waals surface area contributed by atoms with Crippen LogP contribution in [0.15, 0.2) is 237 Å². The van der Waals surface area contributed by atoms with Crippen LogP contribution in [0, 0.1) is 0 Å². The number of fused-ring (bicyclic) bond motifs is 9. The zero-order valence-electron chi connectivity index (χ0n) is 37.1. The van der Waals surface area contributed by atoms with Gasteiger partial charge < -0.3 is 4.57 Å². The summed E-state index contributed by atoms with van der Waals surface area (Å²) < 4.78 is 6.91. The normalized spacial score (nSPS) is 11.8. The van der Waals surface area contributed by atoms with Crippen LogP contribution in [0.2, 0.25) is 0 Å². The SMILES string of the molecule is c1ccc(-c2cc(-c3ccccc3)nc(-n3c4ccccc4c4cc5c(cc43)c3cc4c6ccccc6n(-c6nc(-c7ccccc7)cc(-c7ccccc7)n6)c4cc3n5-c3ccccc3)n2)cc1. The van der Waals surface area contributed by atoms with Crippen molar-refractivity contribution < 1.29 is 0 Å². The third-order valence-electron chi connectivity index (χ3n) is 13.5. The maximum Gasteiger partial charge on any atom is 0.235 e. The van der Waals surface area contributed by atoms with Crippen LogP contribution in [0.3, 0.4) is 0 Å². The number of rotatable bonds is 7. The molecule has 0 amide bonds. The third kappa shape index (κ3) is 6.29. The Labute approximate surface area is 396 Å². The van der Waals surface area contributed by atoms with Crippen LogP contribution >= 0.6 is 0 Å². The molecule has 9 aromatic carbocycles. The smallest absolute Gasteiger partial charge is 0.235 e. The van der Waals surface area contributed by atoms with Crippen LogP contribution in [0.25, 0.3) is 128 Å². The summed E-state index contributed by atoms with van der Waals surface area (Å²) in [4.78, 5) is 21.4. The number of benzene rings is 9. The van der Waals surface area contributed by atoms with Crippen LogP contribution in [0.4, 0.5) is 0 Å². The van der Waals surface area contributed by atoms with E-state index in [4.69, 9.17) is 19.9 Å². The molecule has 69 heavy (non-hydrogen) atoms. The molecule has 0 aliphatic rings. The lowest BCUT2D eigenvalue weighted by Crippen LogP contribution is -2.04. The van der Waals surface area contributed by atoms with Gasteiger partial charge in [-0.15, -0.1) is 0 Å². The number of hydrogen-bond donors (Lipinski definition) is 0.